The van der Waals surface area contributed by atoms with Crippen molar-refractivity contribution >= 4 is 18.3 Å². The first-order valence-corrected chi connectivity index (χ1v) is 22.2. The standard InChI is InChI=1S/C11H21NO3.C10H18N4O3.C10H19NO4.C5H10N4O.C5H11NO2.4CH4/c1-8-5-6-14-7-9(8)12-10(13)15-11(2,3)4;1-10(2,3)17-9(15)12-8-6-16-5-4-7(8)13-14-11;1-10(2,3)15-9(13)11-7-6-14-5-4-8(7)12;6-4-3-10-2-1-5(4)8-9-7;6-4-3-8-2-1-5(4)7;;;;/h8-9H,5-7H2,1-4H3,(H,12,13);7-8H,4-6H2,1-3H3,(H,12,15);7-8,12H,4-6H2,1-3H3,(H,11,13);4-5H,1-3,6H2;4-5,7H,1-3,6H2;4*1H4/t8-,9-;7-,8+;7-,8-;4-,5+;4-,5-;;;;/m10111..../s1. The molecule has 69 heavy (non-hydrogen) atoms. The van der Waals surface area contributed by atoms with Crippen molar-refractivity contribution in [3.8, 4) is 0 Å². The van der Waals surface area contributed by atoms with Gasteiger partial charge >= 0.3 is 18.3 Å². The molecule has 0 aromatic heterocycles. The molecule has 9 N–H and O–H groups in total. The molecule has 0 aliphatic carbocycles. The maximum Gasteiger partial charge on any atom is 0.408 e. The Morgan fingerprint density at radius 2 is 0.855 bits per heavy atom. The van der Waals surface area contributed by atoms with Crippen molar-refractivity contribution in [2.45, 2.75) is 202 Å². The number of aliphatic hydroxyl groups excluding tert-OH is 2. The van der Waals surface area contributed by atoms with E-state index in [0.29, 0.717) is 84.6 Å². The molecular weight excluding hydrogens is 903 g/mol. The lowest BCUT2D eigenvalue weighted by molar-refractivity contribution is -0.0211. The van der Waals surface area contributed by atoms with Crippen molar-refractivity contribution in [1.29, 1.82) is 0 Å². The summed E-state index contributed by atoms with van der Waals surface area (Å²) in [7, 11) is 0. The third-order valence-electron chi connectivity index (χ3n) is 9.57. The predicted octanol–water partition coefficient (Wildman–Crippen LogP) is 6.63. The zero-order valence-electron chi connectivity index (χ0n) is 40.1. The zero-order chi connectivity index (χ0) is 49.2. The highest BCUT2D eigenvalue weighted by atomic mass is 16.6. The number of azide groups is 2. The third-order valence-corrected chi connectivity index (χ3v) is 9.57. The van der Waals surface area contributed by atoms with Gasteiger partial charge in [-0.1, -0.05) is 46.9 Å². The van der Waals surface area contributed by atoms with Crippen LogP contribution in [0.3, 0.4) is 0 Å². The van der Waals surface area contributed by atoms with Gasteiger partial charge in [0.05, 0.1) is 81.5 Å². The molecule has 0 aromatic rings. The fraction of sp³-hybridized carbons (Fsp3) is 0.933. The lowest BCUT2D eigenvalue weighted by Crippen LogP contribution is -2.50. The molecule has 24 heteroatoms. The Morgan fingerprint density at radius 3 is 1.23 bits per heavy atom. The summed E-state index contributed by atoms with van der Waals surface area (Å²) < 4.78 is 41.1. The molecule has 5 heterocycles. The number of hydrogen-bond acceptors (Lipinski definition) is 17. The Hall–Kier alpha value is -3.93. The van der Waals surface area contributed by atoms with E-state index in [-0.39, 0.29) is 84.2 Å². The Bertz CT molecular complexity index is 1430. The van der Waals surface area contributed by atoms with Crippen molar-refractivity contribution in [2.24, 2.45) is 27.6 Å². The lowest BCUT2D eigenvalue weighted by Gasteiger charge is -2.30. The van der Waals surface area contributed by atoms with Crippen molar-refractivity contribution in [1.82, 2.24) is 16.0 Å². The summed E-state index contributed by atoms with van der Waals surface area (Å²) in [5, 5.41) is 33.8. The Kier molecular flexibility index (Phi) is 38.3. The molecule has 0 saturated carbocycles. The van der Waals surface area contributed by atoms with Crippen LogP contribution in [0, 0.1) is 5.92 Å². The van der Waals surface area contributed by atoms with Gasteiger partial charge in [0.15, 0.2) is 0 Å². The molecule has 5 rings (SSSR count). The molecule has 5 aliphatic heterocycles. The van der Waals surface area contributed by atoms with Crippen LogP contribution in [0.2, 0.25) is 0 Å². The molecule has 0 bridgehead atoms. The summed E-state index contributed by atoms with van der Waals surface area (Å²) in [5.74, 6) is 0.450. The average molecular weight is 998 g/mol. The molecule has 0 unspecified atom stereocenters. The number of alkyl carbamates (subject to hydrolysis) is 3. The van der Waals surface area contributed by atoms with Crippen LogP contribution in [0.25, 0.3) is 20.9 Å². The normalized spacial score (nSPS) is 27.3. The molecule has 5 saturated heterocycles. The molecule has 5 aliphatic rings. The van der Waals surface area contributed by atoms with Gasteiger partial charge in [0.2, 0.25) is 0 Å². The Labute approximate surface area is 412 Å². The number of hydrogen-bond donors (Lipinski definition) is 7. The summed E-state index contributed by atoms with van der Waals surface area (Å²) in [4.78, 5) is 39.9. The number of ether oxygens (including phenoxy) is 8. The Morgan fingerprint density at radius 1 is 0.522 bits per heavy atom. The van der Waals surface area contributed by atoms with Crippen molar-refractivity contribution < 1.29 is 62.5 Å². The van der Waals surface area contributed by atoms with Gasteiger partial charge in [-0.2, -0.15) is 0 Å². The van der Waals surface area contributed by atoms with E-state index in [2.05, 4.69) is 42.9 Å². The maximum absolute atomic E-state index is 11.6. The van der Waals surface area contributed by atoms with Gasteiger partial charge in [0.1, 0.15) is 16.8 Å². The quantitative estimate of drug-likeness (QED) is 0.0658. The van der Waals surface area contributed by atoms with E-state index >= 15 is 0 Å². The van der Waals surface area contributed by atoms with Gasteiger partial charge in [-0.05, 0) is 111 Å². The number of carbonyl (C=O) groups excluding carboxylic acids is 3. The SMILES string of the molecule is C.C.C.C.CC(C)(C)OC(=O)N[C@@H]1COCC[C@@H]1N=[N+]=[N-].CC(C)(C)OC(=O)N[C@@H]1COCC[C@H]1O.C[C@@H]1CCOC[C@H]1NC(=O)OC(C)(C)C.N[C@@H]1COCC[C@H]1O.[N-]=[N+]=N[C@H]1CCOC[C@H]1N. The smallest absolute Gasteiger partial charge is 0.408 e. The number of amides is 3. The van der Waals surface area contributed by atoms with Gasteiger partial charge in [0, 0.05) is 48.9 Å². The number of rotatable bonds is 5. The van der Waals surface area contributed by atoms with Gasteiger partial charge in [-0.3, -0.25) is 0 Å². The highest BCUT2D eigenvalue weighted by Crippen LogP contribution is 2.17. The summed E-state index contributed by atoms with van der Waals surface area (Å²) in [6.45, 7) is 23.8. The van der Waals surface area contributed by atoms with Crippen molar-refractivity contribution in [2.75, 3.05) is 66.1 Å². The van der Waals surface area contributed by atoms with Crippen LogP contribution in [0.1, 0.15) is 131 Å². The highest BCUT2D eigenvalue weighted by molar-refractivity contribution is 5.69. The van der Waals surface area contributed by atoms with Crippen LogP contribution in [0.15, 0.2) is 10.2 Å². The molecule has 3 amide bonds. The Balaban J connectivity index is -0.000000385. The van der Waals surface area contributed by atoms with Gasteiger partial charge in [0.25, 0.3) is 0 Å². The minimum atomic E-state index is -0.550. The minimum Gasteiger partial charge on any atom is -0.444 e. The zero-order valence-corrected chi connectivity index (χ0v) is 40.1. The molecule has 5 fully saturated rings. The number of nitrogens with one attached hydrogen (secondary N) is 3. The first-order chi connectivity index (χ1) is 30.3. The van der Waals surface area contributed by atoms with Crippen molar-refractivity contribution in [3.05, 3.63) is 20.9 Å². The van der Waals surface area contributed by atoms with E-state index in [1.807, 2.05) is 20.8 Å². The van der Waals surface area contributed by atoms with E-state index < -0.39 is 35.1 Å². The summed E-state index contributed by atoms with van der Waals surface area (Å²) >= 11 is 0. The summed E-state index contributed by atoms with van der Waals surface area (Å²) in [6.07, 6.45) is 1.26. The van der Waals surface area contributed by atoms with E-state index in [1.54, 1.807) is 41.5 Å². The number of nitrogens with zero attached hydrogens (tertiary/aromatic N) is 6. The molecule has 24 nitrogen and oxygen atoms in total. The maximum atomic E-state index is 11.6. The van der Waals surface area contributed by atoms with Crippen LogP contribution in [-0.2, 0) is 37.9 Å². The van der Waals surface area contributed by atoms with Crippen molar-refractivity contribution in [3.63, 3.8) is 0 Å². The fourth-order valence-electron chi connectivity index (χ4n) is 6.05. The van der Waals surface area contributed by atoms with Crippen LogP contribution in [0.5, 0.6) is 0 Å². The monoisotopic (exact) mass is 998 g/mol. The van der Waals surface area contributed by atoms with Gasteiger partial charge in [-0.25, -0.2) is 14.4 Å². The van der Waals surface area contributed by atoms with Gasteiger partial charge < -0.3 is 75.5 Å². The second-order valence-corrected chi connectivity index (χ2v) is 19.1. The van der Waals surface area contributed by atoms with Crippen LogP contribution < -0.4 is 27.4 Å². The topological polar surface area (TPSA) is 351 Å². The first-order valence-electron chi connectivity index (χ1n) is 22.2. The molecule has 0 aromatic carbocycles. The third kappa shape index (κ3) is 34.9. The summed E-state index contributed by atoms with van der Waals surface area (Å²) in [6, 6.07) is -1.25. The van der Waals surface area contributed by atoms with Crippen LogP contribution >= 0.6 is 0 Å². The number of carbonyl (C=O) groups is 3. The molecule has 408 valence electrons. The highest BCUT2D eigenvalue weighted by Gasteiger charge is 2.30. The minimum absolute atomic E-state index is 0. The van der Waals surface area contributed by atoms with Gasteiger partial charge in [-0.15, -0.1) is 0 Å². The second kappa shape index (κ2) is 36.9. The van der Waals surface area contributed by atoms with E-state index in [0.717, 1.165) is 19.4 Å². The van der Waals surface area contributed by atoms with Crippen LogP contribution in [-0.4, -0.2) is 166 Å². The first kappa shape index (κ1) is 71.6. The molecular formula is C45H95N11O13. The second-order valence-electron chi connectivity index (χ2n) is 19.1. The molecule has 10 atom stereocenters. The number of nitrogens with two attached hydrogens (primary N) is 2. The lowest BCUT2D eigenvalue weighted by atomic mass is 9.97. The largest absolute Gasteiger partial charge is 0.444 e. The summed E-state index contributed by atoms with van der Waals surface area (Å²) in [5.41, 5.74) is 26.0. The van der Waals surface area contributed by atoms with Crippen LogP contribution in [0.4, 0.5) is 14.4 Å². The molecule has 0 spiro atoms. The number of aliphatic hydroxyl groups is 2. The van der Waals surface area contributed by atoms with E-state index in [4.69, 9.17) is 65.5 Å². The molecule has 0 radical (unpaired) electrons. The predicted molar refractivity (Wildman–Crippen MR) is 267 cm³/mol. The average Bonchev–Trinajstić information content (AvgIpc) is 3.19. The van der Waals surface area contributed by atoms with E-state index in [1.165, 1.54) is 0 Å². The van der Waals surface area contributed by atoms with E-state index in [9.17, 15) is 19.5 Å². The fourth-order valence-corrected chi connectivity index (χ4v) is 6.05.